The summed E-state index contributed by atoms with van der Waals surface area (Å²) in [5, 5.41) is 1.08. The summed E-state index contributed by atoms with van der Waals surface area (Å²) in [7, 11) is 0. The molecule has 0 bridgehead atoms. The molecule has 96 valence electrons. The molecule has 2 aromatic carbocycles. The van der Waals surface area contributed by atoms with Crippen LogP contribution in [0.5, 0.6) is 0 Å². The number of fused-ring (bicyclic) bond motifs is 1. The molecule has 2 N–H and O–H groups in total. The fourth-order valence-electron chi connectivity index (χ4n) is 2.06. The molecule has 1 atom stereocenters. The number of halogens is 2. The Labute approximate surface area is 113 Å². The van der Waals surface area contributed by atoms with E-state index in [0.717, 1.165) is 21.0 Å². The molecule has 1 heterocycles. The Hall–Kier alpha value is -1.78. The summed E-state index contributed by atoms with van der Waals surface area (Å²) in [4.78, 5) is 0.867. The number of thiophene rings is 1. The SMILES string of the molecule is NC(c1cc2ccccc2s1)c1ccc(F)cc1F. The van der Waals surface area contributed by atoms with Crippen LogP contribution in [0.4, 0.5) is 8.78 Å². The zero-order valence-corrected chi connectivity index (χ0v) is 10.8. The van der Waals surface area contributed by atoms with Gasteiger partial charge in [0.2, 0.25) is 0 Å². The molecule has 0 saturated heterocycles. The third-order valence-corrected chi connectivity index (χ3v) is 4.25. The van der Waals surface area contributed by atoms with Gasteiger partial charge in [-0.2, -0.15) is 0 Å². The third-order valence-electron chi connectivity index (χ3n) is 3.05. The molecular weight excluding hydrogens is 264 g/mol. The molecule has 1 aromatic heterocycles. The predicted molar refractivity (Wildman–Crippen MR) is 74.2 cm³/mol. The van der Waals surface area contributed by atoms with Gasteiger partial charge in [0.1, 0.15) is 11.6 Å². The Bertz CT molecular complexity index is 703. The zero-order valence-electron chi connectivity index (χ0n) is 9.94. The molecule has 0 aliphatic heterocycles. The highest BCUT2D eigenvalue weighted by Gasteiger charge is 2.16. The number of nitrogens with two attached hydrogens (primary N) is 1. The van der Waals surface area contributed by atoms with E-state index in [1.165, 1.54) is 23.5 Å². The molecule has 1 nitrogen and oxygen atoms in total. The number of hydrogen-bond donors (Lipinski definition) is 1. The molecule has 19 heavy (non-hydrogen) atoms. The smallest absolute Gasteiger partial charge is 0.131 e. The normalized spacial score (nSPS) is 12.8. The van der Waals surface area contributed by atoms with Crippen LogP contribution in [0.3, 0.4) is 0 Å². The van der Waals surface area contributed by atoms with Crippen molar-refractivity contribution in [1.82, 2.24) is 0 Å². The maximum atomic E-state index is 13.7. The first-order valence-corrected chi connectivity index (χ1v) is 6.66. The lowest BCUT2D eigenvalue weighted by molar-refractivity contribution is 0.567. The molecule has 0 fully saturated rings. The minimum atomic E-state index is -0.607. The van der Waals surface area contributed by atoms with E-state index in [1.54, 1.807) is 0 Å². The lowest BCUT2D eigenvalue weighted by atomic mass is 10.1. The van der Waals surface area contributed by atoms with Crippen molar-refractivity contribution >= 4 is 21.4 Å². The third kappa shape index (κ3) is 2.25. The van der Waals surface area contributed by atoms with Crippen LogP contribution in [-0.4, -0.2) is 0 Å². The Morgan fingerprint density at radius 3 is 2.53 bits per heavy atom. The standard InChI is InChI=1S/C15H11F2NS/c16-10-5-6-11(12(17)8-10)15(18)14-7-9-3-1-2-4-13(9)19-14/h1-8,15H,18H2. The molecule has 3 rings (SSSR count). The highest BCUT2D eigenvalue weighted by Crippen LogP contribution is 2.32. The Morgan fingerprint density at radius 1 is 1.00 bits per heavy atom. The fourth-order valence-corrected chi connectivity index (χ4v) is 3.15. The molecule has 0 spiro atoms. The van der Waals surface area contributed by atoms with Gasteiger partial charge in [0.05, 0.1) is 6.04 Å². The summed E-state index contributed by atoms with van der Waals surface area (Å²) >= 11 is 1.53. The monoisotopic (exact) mass is 275 g/mol. The van der Waals surface area contributed by atoms with Gasteiger partial charge in [-0.3, -0.25) is 0 Å². The molecule has 3 aromatic rings. The second kappa shape index (κ2) is 4.72. The van der Waals surface area contributed by atoms with Gasteiger partial charge in [-0.1, -0.05) is 24.3 Å². The van der Waals surface area contributed by atoms with Crippen LogP contribution in [0.25, 0.3) is 10.1 Å². The molecule has 0 aliphatic carbocycles. The minimum absolute atomic E-state index is 0.313. The van der Waals surface area contributed by atoms with Crippen LogP contribution in [0, 0.1) is 11.6 Å². The first-order valence-electron chi connectivity index (χ1n) is 5.84. The largest absolute Gasteiger partial charge is 0.320 e. The minimum Gasteiger partial charge on any atom is -0.320 e. The van der Waals surface area contributed by atoms with Crippen molar-refractivity contribution < 1.29 is 8.78 Å². The molecule has 1 unspecified atom stereocenters. The van der Waals surface area contributed by atoms with Gasteiger partial charge in [0.15, 0.2) is 0 Å². The summed E-state index contributed by atoms with van der Waals surface area (Å²) in [5.74, 6) is -1.20. The summed E-state index contributed by atoms with van der Waals surface area (Å²) in [6.45, 7) is 0. The van der Waals surface area contributed by atoms with Crippen LogP contribution in [0.15, 0.2) is 48.5 Å². The van der Waals surface area contributed by atoms with Crippen LogP contribution < -0.4 is 5.73 Å². The Balaban J connectivity index is 2.05. The first-order chi connectivity index (χ1) is 9.15. The van der Waals surface area contributed by atoms with Crippen molar-refractivity contribution in [3.63, 3.8) is 0 Å². The van der Waals surface area contributed by atoms with Crippen molar-refractivity contribution in [3.05, 3.63) is 70.6 Å². The van der Waals surface area contributed by atoms with Crippen LogP contribution in [0.2, 0.25) is 0 Å². The summed E-state index contributed by atoms with van der Waals surface area (Å²) in [6, 6.07) is 12.8. The van der Waals surface area contributed by atoms with Gasteiger partial charge in [0.25, 0.3) is 0 Å². The van der Waals surface area contributed by atoms with E-state index >= 15 is 0 Å². The zero-order chi connectivity index (χ0) is 13.4. The van der Waals surface area contributed by atoms with Gasteiger partial charge in [-0.15, -0.1) is 11.3 Å². The lowest BCUT2D eigenvalue weighted by Crippen LogP contribution is -2.12. The number of hydrogen-bond acceptors (Lipinski definition) is 2. The number of benzene rings is 2. The van der Waals surface area contributed by atoms with Gasteiger partial charge in [0, 0.05) is 21.2 Å². The van der Waals surface area contributed by atoms with E-state index in [4.69, 9.17) is 5.73 Å². The molecule has 0 saturated carbocycles. The highest BCUT2D eigenvalue weighted by molar-refractivity contribution is 7.19. The maximum absolute atomic E-state index is 13.7. The summed E-state index contributed by atoms with van der Waals surface area (Å²) in [5.41, 5.74) is 6.39. The quantitative estimate of drug-likeness (QED) is 0.744. The van der Waals surface area contributed by atoms with E-state index in [9.17, 15) is 8.78 Å². The second-order valence-electron chi connectivity index (χ2n) is 4.33. The van der Waals surface area contributed by atoms with Crippen LogP contribution in [0.1, 0.15) is 16.5 Å². The average Bonchev–Trinajstić information content (AvgIpc) is 2.81. The summed E-state index contributed by atoms with van der Waals surface area (Å²) in [6.07, 6.45) is 0. The van der Waals surface area contributed by atoms with Crippen LogP contribution >= 0.6 is 11.3 Å². The second-order valence-corrected chi connectivity index (χ2v) is 5.45. The van der Waals surface area contributed by atoms with Gasteiger partial charge < -0.3 is 5.73 Å². The van der Waals surface area contributed by atoms with Crippen LogP contribution in [-0.2, 0) is 0 Å². The van der Waals surface area contributed by atoms with E-state index in [-0.39, 0.29) is 0 Å². The maximum Gasteiger partial charge on any atom is 0.131 e. The van der Waals surface area contributed by atoms with E-state index in [1.807, 2.05) is 30.3 Å². The molecule has 4 heteroatoms. The molecule has 0 amide bonds. The Kier molecular flexibility index (Phi) is 3.05. The van der Waals surface area contributed by atoms with Gasteiger partial charge in [-0.25, -0.2) is 8.78 Å². The fraction of sp³-hybridized carbons (Fsp3) is 0.0667. The molecule has 0 radical (unpaired) electrons. The van der Waals surface area contributed by atoms with Gasteiger partial charge >= 0.3 is 0 Å². The average molecular weight is 275 g/mol. The lowest BCUT2D eigenvalue weighted by Gasteiger charge is -2.10. The Morgan fingerprint density at radius 2 is 1.79 bits per heavy atom. The van der Waals surface area contributed by atoms with E-state index < -0.39 is 17.7 Å². The topological polar surface area (TPSA) is 26.0 Å². The molecule has 0 aliphatic rings. The first kappa shape index (κ1) is 12.3. The van der Waals surface area contributed by atoms with Crippen molar-refractivity contribution in [2.24, 2.45) is 5.73 Å². The number of rotatable bonds is 2. The van der Waals surface area contributed by atoms with Crippen molar-refractivity contribution in [2.45, 2.75) is 6.04 Å². The predicted octanol–water partition coefficient (Wildman–Crippen LogP) is 4.23. The van der Waals surface area contributed by atoms with E-state index in [0.29, 0.717) is 5.56 Å². The molecular formula is C15H11F2NS. The summed E-state index contributed by atoms with van der Waals surface area (Å²) < 4.78 is 27.7. The highest BCUT2D eigenvalue weighted by atomic mass is 32.1. The van der Waals surface area contributed by atoms with Crippen molar-refractivity contribution in [3.8, 4) is 0 Å². The van der Waals surface area contributed by atoms with Gasteiger partial charge in [-0.05, 0) is 23.6 Å². The van der Waals surface area contributed by atoms with Crippen molar-refractivity contribution in [1.29, 1.82) is 0 Å². The van der Waals surface area contributed by atoms with Crippen molar-refractivity contribution in [2.75, 3.05) is 0 Å². The van der Waals surface area contributed by atoms with E-state index in [2.05, 4.69) is 0 Å².